The Hall–Kier alpha value is -2.75. The molecule has 9 atom stereocenters. The van der Waals surface area contributed by atoms with Crippen molar-refractivity contribution in [2.24, 2.45) is 34.5 Å². The average molecular weight is 590 g/mol. The Morgan fingerprint density at radius 3 is 2.64 bits per heavy atom. The van der Waals surface area contributed by atoms with Gasteiger partial charge in [0.1, 0.15) is 6.61 Å². The number of Topliss-reactive ketones (excluding diaryl/α,β-unsaturated/α-hetero) is 1. The quantitative estimate of drug-likeness (QED) is 0.266. The Morgan fingerprint density at radius 2 is 1.93 bits per heavy atom. The van der Waals surface area contributed by atoms with Gasteiger partial charge in [-0.25, -0.2) is 0 Å². The minimum Gasteiger partial charge on any atom is -0.399 e. The molecule has 0 spiro atoms. The van der Waals surface area contributed by atoms with E-state index in [9.17, 15) is 24.9 Å². The van der Waals surface area contributed by atoms with Crippen LogP contribution in [0.3, 0.4) is 0 Å². The summed E-state index contributed by atoms with van der Waals surface area (Å²) in [5.74, 6) is -0.887. The smallest absolute Gasteiger partial charge is 0.181 e. The van der Waals surface area contributed by atoms with Crippen molar-refractivity contribution in [2.75, 3.05) is 12.3 Å². The summed E-state index contributed by atoms with van der Waals surface area (Å²) in [6, 6.07) is 15.1. The van der Waals surface area contributed by atoms with Crippen molar-refractivity contribution in [2.45, 2.75) is 67.8 Å². The fourth-order valence-corrected chi connectivity index (χ4v) is 9.67. The van der Waals surface area contributed by atoms with Crippen LogP contribution in [-0.2, 0) is 14.3 Å². The van der Waals surface area contributed by atoms with Gasteiger partial charge in [-0.15, -0.1) is 0 Å². The molecule has 42 heavy (non-hydrogen) atoms. The van der Waals surface area contributed by atoms with Crippen LogP contribution in [0.25, 0.3) is 0 Å². The molecule has 2 unspecified atom stereocenters. The number of nitrogens with two attached hydrogens (primary N) is 1. The molecule has 4 aliphatic carbocycles. The van der Waals surface area contributed by atoms with Crippen molar-refractivity contribution >= 4 is 29.0 Å². The Kier molecular flexibility index (Phi) is 7.73. The highest BCUT2D eigenvalue weighted by atomic mass is 32.2. The van der Waals surface area contributed by atoms with Gasteiger partial charge in [-0.2, -0.15) is 0 Å². The van der Waals surface area contributed by atoms with E-state index in [0.29, 0.717) is 24.1 Å². The van der Waals surface area contributed by atoms with E-state index in [4.69, 9.17) is 10.5 Å². The van der Waals surface area contributed by atoms with Crippen LogP contribution in [-0.4, -0.2) is 45.7 Å². The van der Waals surface area contributed by atoms with Crippen LogP contribution in [0.5, 0.6) is 0 Å². The first-order valence-electron chi connectivity index (χ1n) is 14.8. The SMILES string of the molecule is C[C@]12C=CC(=O)C=C1CC[C@@H]1C2[C@@H](O)C[C@@]2(C)C1C[C@@H](O[C@H](O)c1ccc(Sc3cccc(N)c3)cc1)[C@@H]2C(=O)CO. The topological polar surface area (TPSA) is 130 Å². The van der Waals surface area contributed by atoms with Gasteiger partial charge in [-0.05, 0) is 85.4 Å². The zero-order valence-corrected chi connectivity index (χ0v) is 24.8. The number of carbonyl (C=O) groups excluding carboxylic acids is 2. The minimum absolute atomic E-state index is 0.00984. The molecule has 8 heteroatoms. The van der Waals surface area contributed by atoms with Gasteiger partial charge in [0.2, 0.25) is 0 Å². The van der Waals surface area contributed by atoms with Crippen LogP contribution in [0.2, 0.25) is 0 Å². The van der Waals surface area contributed by atoms with Gasteiger partial charge < -0.3 is 25.8 Å². The van der Waals surface area contributed by atoms with Crippen molar-refractivity contribution in [3.05, 3.63) is 77.9 Å². The van der Waals surface area contributed by atoms with Gasteiger partial charge in [0.25, 0.3) is 0 Å². The summed E-state index contributed by atoms with van der Waals surface area (Å²) in [5, 5.41) is 32.8. The fourth-order valence-electron chi connectivity index (χ4n) is 8.78. The van der Waals surface area contributed by atoms with Crippen LogP contribution < -0.4 is 5.73 Å². The van der Waals surface area contributed by atoms with Crippen molar-refractivity contribution in [1.29, 1.82) is 0 Å². The zero-order chi connectivity index (χ0) is 29.8. The zero-order valence-electron chi connectivity index (χ0n) is 24.0. The summed E-state index contributed by atoms with van der Waals surface area (Å²) < 4.78 is 6.27. The lowest BCUT2D eigenvalue weighted by atomic mass is 9.46. The summed E-state index contributed by atoms with van der Waals surface area (Å²) in [5.41, 5.74) is 7.24. The van der Waals surface area contributed by atoms with Gasteiger partial charge in [-0.1, -0.05) is 55.5 Å². The van der Waals surface area contributed by atoms with Crippen LogP contribution in [0.15, 0.2) is 82.1 Å². The summed E-state index contributed by atoms with van der Waals surface area (Å²) in [4.78, 5) is 27.4. The van der Waals surface area contributed by atoms with E-state index in [1.807, 2.05) is 61.5 Å². The van der Waals surface area contributed by atoms with E-state index in [0.717, 1.165) is 28.2 Å². The van der Waals surface area contributed by atoms with E-state index < -0.39 is 41.9 Å². The number of ketones is 2. The van der Waals surface area contributed by atoms with Gasteiger partial charge in [-0.3, -0.25) is 9.59 Å². The molecule has 0 saturated heterocycles. The Bertz CT molecular complexity index is 1440. The molecule has 2 aromatic carbocycles. The highest BCUT2D eigenvalue weighted by Crippen LogP contribution is 2.66. The first kappa shape index (κ1) is 29.3. The molecule has 0 amide bonds. The predicted octanol–water partition coefficient (Wildman–Crippen LogP) is 4.86. The monoisotopic (exact) mass is 589 g/mol. The number of anilines is 1. The number of hydrogen-bond acceptors (Lipinski definition) is 8. The van der Waals surface area contributed by atoms with Crippen molar-refractivity contribution in [1.82, 2.24) is 0 Å². The summed E-state index contributed by atoms with van der Waals surface area (Å²) >= 11 is 1.57. The second-order valence-corrected chi connectivity index (χ2v) is 14.1. The Morgan fingerprint density at radius 1 is 1.17 bits per heavy atom. The van der Waals surface area contributed by atoms with E-state index >= 15 is 0 Å². The lowest BCUT2D eigenvalue weighted by Gasteiger charge is -2.58. The van der Waals surface area contributed by atoms with Gasteiger partial charge in [0, 0.05) is 32.4 Å². The maximum Gasteiger partial charge on any atom is 0.181 e. The molecule has 0 aromatic heterocycles. The maximum atomic E-state index is 13.3. The second-order valence-electron chi connectivity index (χ2n) is 12.9. The molecule has 5 N–H and O–H groups in total. The van der Waals surface area contributed by atoms with Crippen LogP contribution >= 0.6 is 11.8 Å². The van der Waals surface area contributed by atoms with E-state index in [1.54, 1.807) is 23.9 Å². The van der Waals surface area contributed by atoms with E-state index in [1.165, 1.54) is 0 Å². The Balaban J connectivity index is 1.23. The average Bonchev–Trinajstić information content (AvgIpc) is 3.24. The van der Waals surface area contributed by atoms with Gasteiger partial charge in [0.15, 0.2) is 17.9 Å². The molecule has 4 aliphatic rings. The highest BCUT2D eigenvalue weighted by Gasteiger charge is 2.65. The Labute approximate surface area is 250 Å². The molecule has 0 bridgehead atoms. The molecule has 3 saturated carbocycles. The first-order chi connectivity index (χ1) is 20.0. The number of allylic oxidation sites excluding steroid dienone is 4. The standard InChI is InChI=1S/C34H39NO6S/c1-33-13-12-22(37)14-20(33)8-11-25-26-16-29(31(28(39)18-36)34(26,2)17-27(38)30(25)33)41-32(40)19-6-9-23(10-7-19)42-24-5-3-4-21(35)15-24/h3-7,9-10,12-15,25-27,29-32,36,38,40H,8,11,16-18,35H2,1-2H3/t25-,26?,27-,29+,30?,31-,32-,33-,34-/m0/s1. The predicted molar refractivity (Wildman–Crippen MR) is 160 cm³/mol. The molecule has 3 fully saturated rings. The highest BCUT2D eigenvalue weighted by molar-refractivity contribution is 7.99. The number of ether oxygens (including phenoxy) is 1. The third kappa shape index (κ3) is 4.97. The molecule has 7 nitrogen and oxygen atoms in total. The lowest BCUT2D eigenvalue weighted by Crippen LogP contribution is -2.56. The van der Waals surface area contributed by atoms with E-state index in [2.05, 4.69) is 6.92 Å². The fraction of sp³-hybridized carbons (Fsp3) is 0.471. The third-order valence-corrected chi connectivity index (χ3v) is 11.6. The minimum atomic E-state index is -1.24. The number of aliphatic hydroxyl groups excluding tert-OH is 3. The number of fused-ring (bicyclic) bond motifs is 5. The van der Waals surface area contributed by atoms with Crippen LogP contribution in [0, 0.1) is 34.5 Å². The largest absolute Gasteiger partial charge is 0.399 e. The number of aliphatic hydroxyl groups is 3. The molecular formula is C34H39NO6S. The van der Waals surface area contributed by atoms with Crippen molar-refractivity contribution in [3.63, 3.8) is 0 Å². The first-order valence-corrected chi connectivity index (χ1v) is 15.6. The molecule has 222 valence electrons. The number of carbonyl (C=O) groups is 2. The molecule has 0 radical (unpaired) electrons. The lowest BCUT2D eigenvalue weighted by molar-refractivity contribution is -0.167. The molecule has 0 aliphatic heterocycles. The molecule has 0 heterocycles. The number of rotatable bonds is 7. The number of hydrogen-bond donors (Lipinski definition) is 4. The van der Waals surface area contributed by atoms with Crippen LogP contribution in [0.1, 0.15) is 51.4 Å². The summed E-state index contributed by atoms with van der Waals surface area (Å²) in [6.07, 6.45) is 5.30. The van der Waals surface area contributed by atoms with Crippen LogP contribution in [0.4, 0.5) is 5.69 Å². The molecular weight excluding hydrogens is 550 g/mol. The second kappa shape index (κ2) is 11.1. The molecule has 2 aromatic rings. The van der Waals surface area contributed by atoms with Crippen molar-refractivity contribution in [3.8, 4) is 0 Å². The van der Waals surface area contributed by atoms with E-state index in [-0.39, 0.29) is 29.3 Å². The third-order valence-electron chi connectivity index (χ3n) is 10.6. The maximum absolute atomic E-state index is 13.3. The number of benzene rings is 2. The number of nitrogen functional groups attached to an aromatic ring is 1. The van der Waals surface area contributed by atoms with Crippen molar-refractivity contribution < 1.29 is 29.6 Å². The normalized spacial score (nSPS) is 36.0. The molecule has 6 rings (SSSR count). The summed E-state index contributed by atoms with van der Waals surface area (Å²) in [6.45, 7) is 3.54. The summed E-state index contributed by atoms with van der Waals surface area (Å²) in [7, 11) is 0. The van der Waals surface area contributed by atoms with Gasteiger partial charge >= 0.3 is 0 Å². The van der Waals surface area contributed by atoms with Gasteiger partial charge in [0.05, 0.1) is 18.1 Å².